The lowest BCUT2D eigenvalue weighted by atomic mass is 10.1. The minimum Gasteiger partial charge on any atom is -0.497 e. The van der Waals surface area contributed by atoms with Gasteiger partial charge in [0.15, 0.2) is 0 Å². The predicted octanol–water partition coefficient (Wildman–Crippen LogP) is 5.54. The molecule has 0 heterocycles. The summed E-state index contributed by atoms with van der Waals surface area (Å²) in [6.07, 6.45) is 0.348. The third-order valence-electron chi connectivity index (χ3n) is 6.54. The molecule has 0 radical (unpaired) electrons. The number of carbonyl (C=O) groups is 2. The van der Waals surface area contributed by atoms with Gasteiger partial charge in [-0.1, -0.05) is 72.6 Å². The Labute approximate surface area is 251 Å². The van der Waals surface area contributed by atoms with E-state index in [1.807, 2.05) is 39.8 Å². The van der Waals surface area contributed by atoms with Gasteiger partial charge in [0.25, 0.3) is 10.0 Å². The molecule has 220 valence electrons. The number of hydrogen-bond donors (Lipinski definition) is 1. The van der Waals surface area contributed by atoms with E-state index >= 15 is 0 Å². The maximum absolute atomic E-state index is 14.1. The second-order valence-electron chi connectivity index (χ2n) is 10.2. The van der Waals surface area contributed by atoms with E-state index in [1.54, 1.807) is 55.6 Å². The molecule has 3 rings (SSSR count). The Morgan fingerprint density at radius 2 is 1.68 bits per heavy atom. The van der Waals surface area contributed by atoms with Crippen molar-refractivity contribution >= 4 is 43.5 Å². The van der Waals surface area contributed by atoms with Crippen LogP contribution in [0.25, 0.3) is 0 Å². The Balaban J connectivity index is 2.06. The van der Waals surface area contributed by atoms with Gasteiger partial charge in [0.05, 0.1) is 17.7 Å². The molecule has 0 saturated carbocycles. The maximum atomic E-state index is 14.1. The van der Waals surface area contributed by atoms with Crippen LogP contribution in [-0.2, 0) is 26.2 Å². The molecule has 0 fully saturated rings. The maximum Gasteiger partial charge on any atom is 0.264 e. The summed E-state index contributed by atoms with van der Waals surface area (Å²) in [6, 6.07) is 19.7. The fourth-order valence-electron chi connectivity index (χ4n) is 4.31. The highest BCUT2D eigenvalue weighted by Gasteiger charge is 2.33. The van der Waals surface area contributed by atoms with Gasteiger partial charge in [-0.3, -0.25) is 13.9 Å². The van der Waals surface area contributed by atoms with Crippen molar-refractivity contribution in [2.45, 2.75) is 51.6 Å². The molecule has 0 aliphatic heterocycles. The zero-order chi connectivity index (χ0) is 30.2. The van der Waals surface area contributed by atoms with Crippen LogP contribution < -0.4 is 14.4 Å². The highest BCUT2D eigenvalue weighted by Crippen LogP contribution is 2.27. The van der Waals surface area contributed by atoms with Crippen LogP contribution in [-0.4, -0.2) is 51.4 Å². The Hall–Kier alpha value is -3.37. The first-order chi connectivity index (χ1) is 19.5. The fraction of sp³-hybridized carbons (Fsp3) is 0.355. The van der Waals surface area contributed by atoms with Crippen LogP contribution in [0.1, 0.15) is 38.3 Å². The molecule has 3 aromatic rings. The van der Waals surface area contributed by atoms with Crippen molar-refractivity contribution in [2.75, 3.05) is 24.5 Å². The summed E-state index contributed by atoms with van der Waals surface area (Å²) in [7, 11) is -2.57. The number of benzene rings is 3. The van der Waals surface area contributed by atoms with Crippen molar-refractivity contribution in [2.24, 2.45) is 5.92 Å². The van der Waals surface area contributed by atoms with Crippen LogP contribution >= 0.6 is 15.9 Å². The quantitative estimate of drug-likeness (QED) is 0.264. The Morgan fingerprint density at radius 1 is 1.00 bits per heavy atom. The first-order valence-corrected chi connectivity index (χ1v) is 15.7. The summed E-state index contributed by atoms with van der Waals surface area (Å²) in [5, 5.41) is 2.94. The van der Waals surface area contributed by atoms with E-state index < -0.39 is 28.5 Å². The van der Waals surface area contributed by atoms with Gasteiger partial charge in [0.1, 0.15) is 18.3 Å². The molecule has 0 bridgehead atoms. The number of sulfonamides is 1. The van der Waals surface area contributed by atoms with Gasteiger partial charge in [-0.25, -0.2) is 8.42 Å². The van der Waals surface area contributed by atoms with Crippen LogP contribution in [0.2, 0.25) is 0 Å². The van der Waals surface area contributed by atoms with Crippen molar-refractivity contribution in [1.82, 2.24) is 10.2 Å². The van der Waals surface area contributed by atoms with E-state index in [-0.39, 0.29) is 23.3 Å². The number of amides is 2. The number of methoxy groups -OCH3 is 1. The largest absolute Gasteiger partial charge is 0.497 e. The summed E-state index contributed by atoms with van der Waals surface area (Å²) < 4.78 is 35.0. The number of ether oxygens (including phenoxy) is 1. The van der Waals surface area contributed by atoms with E-state index in [0.29, 0.717) is 28.9 Å². The number of aryl methyl sites for hydroxylation is 1. The third kappa shape index (κ3) is 8.56. The van der Waals surface area contributed by atoms with E-state index in [9.17, 15) is 18.0 Å². The van der Waals surface area contributed by atoms with Crippen molar-refractivity contribution < 1.29 is 22.7 Å². The van der Waals surface area contributed by atoms with Gasteiger partial charge < -0.3 is 15.0 Å². The topological polar surface area (TPSA) is 96.0 Å². The first kappa shape index (κ1) is 32.1. The van der Waals surface area contributed by atoms with Gasteiger partial charge in [-0.15, -0.1) is 0 Å². The van der Waals surface area contributed by atoms with E-state index in [2.05, 4.69) is 21.2 Å². The number of anilines is 1. The smallest absolute Gasteiger partial charge is 0.264 e. The number of nitrogens with one attached hydrogen (secondary N) is 1. The van der Waals surface area contributed by atoms with Crippen LogP contribution in [0.3, 0.4) is 0 Å². The van der Waals surface area contributed by atoms with Crippen molar-refractivity contribution in [3.63, 3.8) is 0 Å². The molecule has 41 heavy (non-hydrogen) atoms. The van der Waals surface area contributed by atoms with Crippen LogP contribution in [0.4, 0.5) is 5.69 Å². The molecule has 1 N–H and O–H groups in total. The highest BCUT2D eigenvalue weighted by molar-refractivity contribution is 9.10. The summed E-state index contributed by atoms with van der Waals surface area (Å²) >= 11 is 3.42. The highest BCUT2D eigenvalue weighted by atomic mass is 79.9. The zero-order valence-corrected chi connectivity index (χ0v) is 26.5. The average Bonchev–Trinajstić information content (AvgIpc) is 2.94. The van der Waals surface area contributed by atoms with E-state index in [1.165, 1.54) is 17.0 Å². The number of carbonyl (C=O) groups excluding carboxylic acids is 2. The van der Waals surface area contributed by atoms with Crippen molar-refractivity contribution in [1.29, 1.82) is 0 Å². The standard InChI is InChI=1S/C31H38BrN3O5S/c1-6-29(31(37)33-19-22(2)3)34(20-24-9-7-12-27(17-24)40-5)30(36)21-35(26-11-8-10-25(32)18-26)41(38,39)28-15-13-23(4)14-16-28/h7-18,22,29H,6,19-21H2,1-5H3,(H,33,37)/t29-/m1/s1. The molecular weight excluding hydrogens is 606 g/mol. The molecule has 0 aliphatic rings. The summed E-state index contributed by atoms with van der Waals surface area (Å²) in [5.74, 6) is 0.0541. The number of halogens is 1. The molecule has 8 nitrogen and oxygen atoms in total. The molecule has 0 spiro atoms. The molecular formula is C31H38BrN3O5S. The predicted molar refractivity (Wildman–Crippen MR) is 165 cm³/mol. The molecule has 10 heteroatoms. The van der Waals surface area contributed by atoms with Gasteiger partial charge in [0.2, 0.25) is 11.8 Å². The van der Waals surface area contributed by atoms with Crippen LogP contribution in [0, 0.1) is 12.8 Å². The lowest BCUT2D eigenvalue weighted by molar-refractivity contribution is -0.140. The molecule has 0 unspecified atom stereocenters. The molecule has 0 aliphatic carbocycles. The third-order valence-corrected chi connectivity index (χ3v) is 8.82. The number of hydrogen-bond acceptors (Lipinski definition) is 5. The van der Waals surface area contributed by atoms with Gasteiger partial charge >= 0.3 is 0 Å². The Morgan fingerprint density at radius 3 is 2.29 bits per heavy atom. The zero-order valence-electron chi connectivity index (χ0n) is 24.1. The van der Waals surface area contributed by atoms with Crippen molar-refractivity contribution in [3.8, 4) is 5.75 Å². The SMILES string of the molecule is CC[C@H](C(=O)NCC(C)C)N(Cc1cccc(OC)c1)C(=O)CN(c1cccc(Br)c1)S(=O)(=O)c1ccc(C)cc1. The summed E-state index contributed by atoms with van der Waals surface area (Å²) in [6.45, 7) is 7.75. The van der Waals surface area contributed by atoms with E-state index in [4.69, 9.17) is 4.74 Å². The van der Waals surface area contributed by atoms with Crippen LogP contribution in [0.5, 0.6) is 5.75 Å². The lowest BCUT2D eigenvalue weighted by Gasteiger charge is -2.33. The van der Waals surface area contributed by atoms with Gasteiger partial charge in [-0.05, 0) is 67.3 Å². The number of rotatable bonds is 13. The Bertz CT molecular complexity index is 1440. The molecule has 0 aromatic heterocycles. The first-order valence-electron chi connectivity index (χ1n) is 13.5. The fourth-order valence-corrected chi connectivity index (χ4v) is 6.10. The minimum absolute atomic E-state index is 0.0666. The Kier molecular flexibility index (Phi) is 11.4. The minimum atomic E-state index is -4.13. The molecule has 2 amide bonds. The summed E-state index contributed by atoms with van der Waals surface area (Å²) in [4.78, 5) is 29.0. The molecule has 0 saturated heterocycles. The second kappa shape index (κ2) is 14.5. The van der Waals surface area contributed by atoms with E-state index in [0.717, 1.165) is 15.4 Å². The average molecular weight is 645 g/mol. The summed E-state index contributed by atoms with van der Waals surface area (Å²) in [5.41, 5.74) is 1.99. The molecule has 1 atom stereocenters. The number of nitrogens with zero attached hydrogens (tertiary/aromatic N) is 2. The lowest BCUT2D eigenvalue weighted by Crippen LogP contribution is -2.52. The van der Waals surface area contributed by atoms with Crippen molar-refractivity contribution in [3.05, 3.63) is 88.4 Å². The van der Waals surface area contributed by atoms with Gasteiger partial charge in [0, 0.05) is 17.6 Å². The van der Waals surface area contributed by atoms with Gasteiger partial charge in [-0.2, -0.15) is 0 Å². The normalized spacial score (nSPS) is 12.1. The monoisotopic (exact) mass is 643 g/mol. The van der Waals surface area contributed by atoms with Crippen LogP contribution in [0.15, 0.2) is 82.2 Å². The second-order valence-corrected chi connectivity index (χ2v) is 13.0. The molecule has 3 aromatic carbocycles.